The highest BCUT2D eigenvalue weighted by Crippen LogP contribution is 2.18. The Hall–Kier alpha value is -2.22. The molecule has 152 valence electrons. The van der Waals surface area contributed by atoms with Crippen molar-refractivity contribution in [2.24, 2.45) is 0 Å². The van der Waals surface area contributed by atoms with Crippen LogP contribution in [0, 0.1) is 0 Å². The average molecular weight is 406 g/mol. The SMILES string of the molecule is CCOC(=O)C(C(O)CS(C)(=O)=O)N(Cc1ccccc1)Cc1ccccc1. The molecule has 1 N–H and O–H groups in total. The van der Waals surface area contributed by atoms with Gasteiger partial charge in [-0.25, -0.2) is 8.42 Å². The van der Waals surface area contributed by atoms with Crippen molar-refractivity contribution in [1.29, 1.82) is 0 Å². The molecule has 0 saturated heterocycles. The third-order valence-corrected chi connectivity index (χ3v) is 5.16. The number of nitrogens with zero attached hydrogens (tertiary/aromatic N) is 1. The zero-order chi connectivity index (χ0) is 20.6. The Morgan fingerprint density at radius 2 is 1.46 bits per heavy atom. The van der Waals surface area contributed by atoms with Gasteiger partial charge in [0, 0.05) is 19.3 Å². The molecule has 0 fully saturated rings. The van der Waals surface area contributed by atoms with Crippen LogP contribution in [-0.4, -0.2) is 55.2 Å². The van der Waals surface area contributed by atoms with Gasteiger partial charge in [0.05, 0.1) is 18.5 Å². The number of sulfone groups is 1. The lowest BCUT2D eigenvalue weighted by Crippen LogP contribution is -2.51. The van der Waals surface area contributed by atoms with Crippen molar-refractivity contribution in [1.82, 2.24) is 4.90 Å². The summed E-state index contributed by atoms with van der Waals surface area (Å²) in [6, 6.07) is 17.9. The first-order valence-electron chi connectivity index (χ1n) is 9.14. The minimum absolute atomic E-state index is 0.144. The summed E-state index contributed by atoms with van der Waals surface area (Å²) in [5.74, 6) is -1.15. The number of esters is 1. The Labute approximate surface area is 166 Å². The molecular formula is C21H27NO5S. The molecule has 0 radical (unpaired) electrons. The summed E-state index contributed by atoms with van der Waals surface area (Å²) in [4.78, 5) is 14.4. The smallest absolute Gasteiger partial charge is 0.326 e. The average Bonchev–Trinajstić information content (AvgIpc) is 2.62. The van der Waals surface area contributed by atoms with Crippen LogP contribution >= 0.6 is 0 Å². The molecule has 2 aromatic rings. The van der Waals surface area contributed by atoms with Crippen molar-refractivity contribution in [2.75, 3.05) is 18.6 Å². The van der Waals surface area contributed by atoms with Gasteiger partial charge < -0.3 is 9.84 Å². The van der Waals surface area contributed by atoms with E-state index in [1.54, 1.807) is 11.8 Å². The largest absolute Gasteiger partial charge is 0.465 e. The molecule has 7 heteroatoms. The lowest BCUT2D eigenvalue weighted by atomic mass is 10.1. The molecule has 2 unspecified atom stereocenters. The molecule has 0 aliphatic heterocycles. The van der Waals surface area contributed by atoms with Gasteiger partial charge >= 0.3 is 5.97 Å². The molecule has 0 aliphatic rings. The van der Waals surface area contributed by atoms with Gasteiger partial charge in [0.2, 0.25) is 0 Å². The van der Waals surface area contributed by atoms with Crippen LogP contribution in [0.2, 0.25) is 0 Å². The summed E-state index contributed by atoms with van der Waals surface area (Å²) in [5, 5.41) is 10.6. The van der Waals surface area contributed by atoms with Crippen molar-refractivity contribution in [3.8, 4) is 0 Å². The lowest BCUT2D eigenvalue weighted by molar-refractivity contribution is -0.154. The predicted octanol–water partition coefficient (Wildman–Crippen LogP) is 2.03. The van der Waals surface area contributed by atoms with E-state index in [2.05, 4.69) is 0 Å². The van der Waals surface area contributed by atoms with E-state index in [0.29, 0.717) is 13.1 Å². The van der Waals surface area contributed by atoms with Crippen molar-refractivity contribution >= 4 is 15.8 Å². The summed E-state index contributed by atoms with van der Waals surface area (Å²) in [5.41, 5.74) is 1.89. The summed E-state index contributed by atoms with van der Waals surface area (Å²) in [6.07, 6.45) is -0.363. The first-order valence-corrected chi connectivity index (χ1v) is 11.2. The van der Waals surface area contributed by atoms with E-state index >= 15 is 0 Å². The Kier molecular flexibility index (Phi) is 8.17. The molecule has 0 amide bonds. The van der Waals surface area contributed by atoms with Crippen LogP contribution in [0.3, 0.4) is 0 Å². The summed E-state index contributed by atoms with van der Waals surface area (Å²) in [6.45, 7) is 2.54. The highest BCUT2D eigenvalue weighted by atomic mass is 32.2. The van der Waals surface area contributed by atoms with Gasteiger partial charge in [0.25, 0.3) is 0 Å². The number of hydrogen-bond acceptors (Lipinski definition) is 6. The topological polar surface area (TPSA) is 83.9 Å². The zero-order valence-electron chi connectivity index (χ0n) is 16.2. The first kappa shape index (κ1) is 22.1. The van der Waals surface area contributed by atoms with E-state index in [4.69, 9.17) is 4.74 Å². The van der Waals surface area contributed by atoms with Crippen LogP contribution in [0.5, 0.6) is 0 Å². The van der Waals surface area contributed by atoms with Gasteiger partial charge in [-0.1, -0.05) is 60.7 Å². The molecule has 0 aromatic heterocycles. The number of aliphatic hydroxyl groups excluding tert-OH is 1. The van der Waals surface area contributed by atoms with Crippen molar-refractivity contribution in [2.45, 2.75) is 32.2 Å². The maximum absolute atomic E-state index is 12.7. The third kappa shape index (κ3) is 7.07. The maximum atomic E-state index is 12.7. The molecule has 2 aromatic carbocycles. The van der Waals surface area contributed by atoms with Gasteiger partial charge in [-0.15, -0.1) is 0 Å². The van der Waals surface area contributed by atoms with Crippen LogP contribution in [0.1, 0.15) is 18.1 Å². The standard InChI is InChI=1S/C21H27NO5S/c1-3-27-21(24)20(19(23)16-28(2,25)26)22(14-17-10-6-4-7-11-17)15-18-12-8-5-9-13-18/h4-13,19-20,23H,3,14-16H2,1-2H3. The first-order chi connectivity index (χ1) is 13.3. The second kappa shape index (κ2) is 10.4. The van der Waals surface area contributed by atoms with Crippen molar-refractivity contribution < 1.29 is 23.1 Å². The number of hydrogen-bond donors (Lipinski definition) is 1. The molecule has 0 aliphatic carbocycles. The van der Waals surface area contributed by atoms with Crippen LogP contribution < -0.4 is 0 Å². The van der Waals surface area contributed by atoms with Crippen LogP contribution in [-0.2, 0) is 32.5 Å². The zero-order valence-corrected chi connectivity index (χ0v) is 17.0. The number of ether oxygens (including phenoxy) is 1. The normalized spacial score (nSPS) is 13.9. The number of aliphatic hydroxyl groups is 1. The Bertz CT molecular complexity index is 798. The second-order valence-corrected chi connectivity index (χ2v) is 8.92. The van der Waals surface area contributed by atoms with Crippen LogP contribution in [0.4, 0.5) is 0 Å². The summed E-state index contributed by atoms with van der Waals surface area (Å²) >= 11 is 0. The predicted molar refractivity (Wildman–Crippen MR) is 108 cm³/mol. The molecule has 0 heterocycles. The Morgan fingerprint density at radius 1 is 1.00 bits per heavy atom. The fourth-order valence-corrected chi connectivity index (χ4v) is 3.87. The molecule has 2 atom stereocenters. The monoisotopic (exact) mass is 405 g/mol. The molecule has 0 spiro atoms. The van der Waals surface area contributed by atoms with E-state index in [0.717, 1.165) is 17.4 Å². The van der Waals surface area contributed by atoms with E-state index in [-0.39, 0.29) is 6.61 Å². The summed E-state index contributed by atoms with van der Waals surface area (Å²) < 4.78 is 28.6. The van der Waals surface area contributed by atoms with Gasteiger partial charge in [-0.05, 0) is 18.1 Å². The number of carbonyl (C=O) groups is 1. The number of benzene rings is 2. The molecule has 28 heavy (non-hydrogen) atoms. The highest BCUT2D eigenvalue weighted by Gasteiger charge is 2.36. The summed E-state index contributed by atoms with van der Waals surface area (Å²) in [7, 11) is -3.48. The molecular weight excluding hydrogens is 378 g/mol. The van der Waals surface area contributed by atoms with Crippen molar-refractivity contribution in [3.63, 3.8) is 0 Å². The number of carbonyl (C=O) groups excluding carboxylic acids is 1. The second-order valence-electron chi connectivity index (χ2n) is 6.73. The van der Waals surface area contributed by atoms with Crippen LogP contribution in [0.15, 0.2) is 60.7 Å². The molecule has 6 nitrogen and oxygen atoms in total. The Morgan fingerprint density at radius 3 is 1.86 bits per heavy atom. The fourth-order valence-electron chi connectivity index (χ4n) is 3.07. The van der Waals surface area contributed by atoms with E-state index in [1.165, 1.54) is 0 Å². The van der Waals surface area contributed by atoms with Gasteiger partial charge in [-0.2, -0.15) is 0 Å². The van der Waals surface area contributed by atoms with E-state index < -0.39 is 33.7 Å². The van der Waals surface area contributed by atoms with Gasteiger partial charge in [0.15, 0.2) is 0 Å². The number of rotatable bonds is 10. The van der Waals surface area contributed by atoms with Crippen LogP contribution in [0.25, 0.3) is 0 Å². The lowest BCUT2D eigenvalue weighted by Gasteiger charge is -2.33. The molecule has 2 rings (SSSR count). The van der Waals surface area contributed by atoms with E-state index in [1.807, 2.05) is 60.7 Å². The Balaban J connectivity index is 2.38. The quantitative estimate of drug-likeness (QED) is 0.609. The minimum atomic E-state index is -3.48. The van der Waals surface area contributed by atoms with E-state index in [9.17, 15) is 18.3 Å². The van der Waals surface area contributed by atoms with Gasteiger partial charge in [0.1, 0.15) is 15.9 Å². The minimum Gasteiger partial charge on any atom is -0.465 e. The molecule has 0 bridgehead atoms. The third-order valence-electron chi connectivity index (χ3n) is 4.22. The molecule has 0 saturated carbocycles. The maximum Gasteiger partial charge on any atom is 0.326 e. The highest BCUT2D eigenvalue weighted by molar-refractivity contribution is 7.90. The van der Waals surface area contributed by atoms with Crippen molar-refractivity contribution in [3.05, 3.63) is 71.8 Å². The fraction of sp³-hybridized carbons (Fsp3) is 0.381. The van der Waals surface area contributed by atoms with Gasteiger partial charge in [-0.3, -0.25) is 9.69 Å².